The Morgan fingerprint density at radius 1 is 0.402 bits per heavy atom. The van der Waals surface area contributed by atoms with Gasteiger partial charge in [-0.15, -0.1) is 0 Å². The van der Waals surface area contributed by atoms with Crippen LogP contribution in [-0.4, -0.2) is 134 Å². The number of rotatable bonds is 30. The van der Waals surface area contributed by atoms with Crippen LogP contribution in [0.15, 0.2) is 224 Å². The summed E-state index contributed by atoms with van der Waals surface area (Å²) >= 11 is 0. The molecule has 0 radical (unpaired) electrons. The molecule has 6 heterocycles. The standard InChI is InChI=1S/C87H90N12O10Si3/c1-105-76(101)47-23-22-46-75(100)88-50-26-52-110(2,3)108-112(98-81-69-42-18-19-43-70(69)83(98)96-79-67-40-16-17-41-68(67)80(93-79)97-84-72-45-21-20-44-71(72)82(99(84)112)95-78-66-39-15-14-38-65(66)77(92-78)94-81)109-111(4,5)53-27-51-89-85(102)56(28-24-48-90-86(103)106-54-73-61-34-10-6-30-57(61)58-31-7-11-35-62(58)73)29-25-49-91-87(104)107-55-74-63-36-12-8-32-59(63)60-33-9-13-37-64(60)74/h6-21,30-45,56,73-74H,22-29,46-55H2,1-5H3,(H,88,100)(H,89,102)(H,90,103)(H,91,104). The Balaban J connectivity index is 0.695. The predicted octanol–water partition coefficient (Wildman–Crippen LogP) is 14.8. The van der Waals surface area contributed by atoms with Gasteiger partial charge >= 0.3 is 27.0 Å². The van der Waals surface area contributed by atoms with Gasteiger partial charge in [-0.2, -0.15) is 0 Å². The number of amides is 4. The summed E-state index contributed by atoms with van der Waals surface area (Å²) in [6.45, 7) is 10.4. The summed E-state index contributed by atoms with van der Waals surface area (Å²) in [4.78, 5) is 101. The van der Waals surface area contributed by atoms with Crippen molar-refractivity contribution in [1.29, 1.82) is 0 Å². The monoisotopic (exact) mass is 1550 g/mol. The summed E-state index contributed by atoms with van der Waals surface area (Å²) in [7, 11) is -9.65. The van der Waals surface area contributed by atoms with Crippen molar-refractivity contribution in [3.05, 3.63) is 250 Å². The molecule has 25 heteroatoms. The van der Waals surface area contributed by atoms with E-state index in [1.807, 2.05) is 121 Å². The van der Waals surface area contributed by atoms with Crippen LogP contribution in [0.25, 0.3) is 43.8 Å². The van der Waals surface area contributed by atoms with Crippen molar-refractivity contribution in [3.63, 3.8) is 0 Å². The lowest BCUT2D eigenvalue weighted by Gasteiger charge is -2.43. The van der Waals surface area contributed by atoms with Gasteiger partial charge < -0.3 is 43.7 Å². The number of ether oxygens (including phenoxy) is 3. The second kappa shape index (κ2) is 32.2. The number of nitrogens with zero attached hydrogens (tertiary/aromatic N) is 8. The Bertz CT molecular complexity index is 5280. The first-order valence-electron chi connectivity index (χ1n) is 39.0. The molecule has 1 atom stereocenters. The van der Waals surface area contributed by atoms with Gasteiger partial charge in [-0.05, 0) is 134 Å². The number of fused-ring (bicyclic) bond motifs is 20. The molecule has 570 valence electrons. The van der Waals surface area contributed by atoms with Crippen molar-refractivity contribution in [3.8, 4) is 22.3 Å². The van der Waals surface area contributed by atoms with E-state index in [1.54, 1.807) is 0 Å². The highest BCUT2D eigenvalue weighted by Gasteiger charge is 2.58. The molecule has 4 aliphatic heterocycles. The van der Waals surface area contributed by atoms with Gasteiger partial charge in [0, 0.05) is 101 Å². The number of alkyl carbamates (subject to hydrolysis) is 2. The molecule has 8 aromatic carbocycles. The van der Waals surface area contributed by atoms with E-state index in [1.165, 1.54) is 7.11 Å². The second-order valence-corrected chi connectivity index (χ2v) is 42.2. The minimum absolute atomic E-state index is 0.0934. The molecular weight excluding hydrogens is 1460 g/mol. The van der Waals surface area contributed by atoms with Crippen molar-refractivity contribution >= 4 is 112 Å². The molecule has 0 spiro atoms. The molecule has 6 aliphatic rings. The number of esters is 1. The molecule has 6 bridgehead atoms. The predicted molar refractivity (Wildman–Crippen MR) is 442 cm³/mol. The van der Waals surface area contributed by atoms with Gasteiger partial charge in [0.1, 0.15) is 35.8 Å². The number of hydrogen-bond donors (Lipinski definition) is 4. The summed E-state index contributed by atoms with van der Waals surface area (Å²) in [6.07, 6.45) is 3.55. The lowest BCUT2D eigenvalue weighted by molar-refractivity contribution is -0.140. The first kappa shape index (κ1) is 74.7. The van der Waals surface area contributed by atoms with Gasteiger partial charge in [0.15, 0.2) is 40.0 Å². The van der Waals surface area contributed by atoms with Crippen molar-refractivity contribution in [2.75, 3.05) is 46.5 Å². The summed E-state index contributed by atoms with van der Waals surface area (Å²) < 4.78 is 37.9. The fourth-order valence-corrected chi connectivity index (χ4v) is 29.2. The van der Waals surface area contributed by atoms with Crippen molar-refractivity contribution in [1.82, 2.24) is 29.7 Å². The fraction of sp³-hybridized carbons (Fsp3) is 0.299. The van der Waals surface area contributed by atoms with E-state index in [0.717, 1.165) is 88.3 Å². The smallest absolute Gasteiger partial charge is 0.469 e. The average molecular weight is 1550 g/mol. The van der Waals surface area contributed by atoms with Gasteiger partial charge in [0.25, 0.3) is 0 Å². The van der Waals surface area contributed by atoms with Crippen LogP contribution < -0.4 is 32.2 Å². The Labute approximate surface area is 653 Å². The van der Waals surface area contributed by atoms with E-state index in [0.29, 0.717) is 122 Å². The van der Waals surface area contributed by atoms with E-state index in [2.05, 4.69) is 129 Å². The molecule has 0 fully saturated rings. The van der Waals surface area contributed by atoms with Crippen LogP contribution in [0, 0.1) is 5.92 Å². The Morgan fingerprint density at radius 3 is 1.18 bits per heavy atom. The number of aliphatic imine (C=N–C) groups is 4. The number of hydrogen-bond acceptors (Lipinski definition) is 16. The molecule has 22 nitrogen and oxygen atoms in total. The zero-order chi connectivity index (χ0) is 77.1. The Hall–Kier alpha value is -11.4. The summed E-state index contributed by atoms with van der Waals surface area (Å²) in [5.74, 6) is 1.73. The third-order valence-corrected chi connectivity index (χ3v) is 33.6. The van der Waals surface area contributed by atoms with Crippen LogP contribution in [0.4, 0.5) is 21.2 Å². The summed E-state index contributed by atoms with van der Waals surface area (Å²) in [6, 6.07) is 66.4. The lowest BCUT2D eigenvalue weighted by Crippen LogP contribution is -2.70. The van der Waals surface area contributed by atoms with Crippen LogP contribution in [0.5, 0.6) is 0 Å². The Kier molecular flexibility index (Phi) is 21.5. The highest BCUT2D eigenvalue weighted by Crippen LogP contribution is 2.48. The van der Waals surface area contributed by atoms with E-state index < -0.39 is 43.6 Å². The van der Waals surface area contributed by atoms with Gasteiger partial charge in [-0.1, -0.05) is 194 Å². The zero-order valence-electron chi connectivity index (χ0n) is 63.6. The molecule has 0 saturated carbocycles. The molecular formula is C87H90N12O10Si3. The molecule has 4 amide bonds. The topological polar surface area (TPSA) is 264 Å². The number of carbonyl (C=O) groups excluding carboxylic acids is 5. The quantitative estimate of drug-likeness (QED) is 0.0143. The first-order valence-corrected chi connectivity index (χ1v) is 46.9. The minimum Gasteiger partial charge on any atom is -0.469 e. The molecule has 1 unspecified atom stereocenters. The van der Waals surface area contributed by atoms with E-state index in [4.69, 9.17) is 52.4 Å². The van der Waals surface area contributed by atoms with Gasteiger partial charge in [0.2, 0.25) is 11.8 Å². The largest absolute Gasteiger partial charge is 0.582 e. The molecule has 0 saturated heterocycles. The van der Waals surface area contributed by atoms with Crippen LogP contribution in [0.1, 0.15) is 121 Å². The van der Waals surface area contributed by atoms with E-state index in [9.17, 15) is 24.0 Å². The number of aromatic nitrogens is 2. The molecule has 112 heavy (non-hydrogen) atoms. The number of methoxy groups -OCH3 is 1. The third kappa shape index (κ3) is 15.1. The average Bonchev–Trinajstić information content (AvgIpc) is 1.52. The summed E-state index contributed by atoms with van der Waals surface area (Å²) in [5.41, 5.74) is 13.4. The molecule has 10 aromatic rings. The molecule has 2 aromatic heterocycles. The van der Waals surface area contributed by atoms with Crippen LogP contribution >= 0.6 is 0 Å². The highest BCUT2D eigenvalue weighted by molar-refractivity contribution is 6.88. The highest BCUT2D eigenvalue weighted by atomic mass is 28.5. The van der Waals surface area contributed by atoms with Crippen LogP contribution in [0.2, 0.25) is 38.3 Å². The number of carbonyl (C=O) groups is 5. The van der Waals surface area contributed by atoms with E-state index >= 15 is 0 Å². The molecule has 16 rings (SSSR count). The SMILES string of the molecule is COC(=O)CCCCC(=O)NCCC[Si](C)(C)O[Si]1(O[Si](C)(C)CCCNC(=O)C(CCCNC(=O)OCC2c3ccccc3-c3ccccc32)CCCNC(=O)OCC2c3ccccc3-c3ccccc32)n2c3c4ccccc4c2N=C2N=C(N=c4c5ccccc5c(n41)=NC1=NC(=N3)c3ccccc31)c1ccccc12. The molecule has 4 N–H and O–H groups in total. The van der Waals surface area contributed by atoms with Crippen LogP contribution in [0.3, 0.4) is 0 Å². The normalized spacial score (nSPS) is 15.4. The van der Waals surface area contributed by atoms with Crippen molar-refractivity contribution < 1.29 is 46.4 Å². The number of amidine groups is 4. The maximum Gasteiger partial charge on any atom is 0.582 e. The minimum atomic E-state index is -4.68. The second-order valence-electron chi connectivity index (χ2n) is 30.5. The number of unbranched alkanes of at least 4 members (excludes halogenated alkanes) is 1. The fourth-order valence-electron chi connectivity index (χ4n) is 16.6. The third-order valence-electron chi connectivity index (χ3n) is 22.0. The number of nitrogens with one attached hydrogen (secondary N) is 4. The lowest BCUT2D eigenvalue weighted by atomic mass is 9.96. The van der Waals surface area contributed by atoms with E-state index in [-0.39, 0.29) is 68.8 Å². The molecule has 2 aliphatic carbocycles. The Morgan fingerprint density at radius 2 is 0.759 bits per heavy atom. The van der Waals surface area contributed by atoms with Gasteiger partial charge in [0.05, 0.1) is 7.11 Å². The first-order chi connectivity index (χ1) is 54.5. The van der Waals surface area contributed by atoms with Gasteiger partial charge in [-0.25, -0.2) is 39.5 Å². The van der Waals surface area contributed by atoms with Crippen molar-refractivity contribution in [2.45, 2.75) is 114 Å². The summed E-state index contributed by atoms with van der Waals surface area (Å²) in [5, 5.41) is 15.6. The van der Waals surface area contributed by atoms with Crippen molar-refractivity contribution in [2.24, 2.45) is 35.9 Å². The van der Waals surface area contributed by atoms with Crippen LogP contribution in [-0.2, 0) is 36.8 Å². The zero-order valence-corrected chi connectivity index (χ0v) is 66.6. The van der Waals surface area contributed by atoms with Gasteiger partial charge in [-0.3, -0.25) is 22.8 Å². The maximum atomic E-state index is 14.9. The number of benzene rings is 8. The maximum absolute atomic E-state index is 14.9.